The molecule has 0 fully saturated rings. The van der Waals surface area contributed by atoms with E-state index in [2.05, 4.69) is 174 Å². The molecule has 0 bridgehead atoms. The normalized spacial score (nSPS) is 21.3. The second-order valence-electron chi connectivity index (χ2n) is 14.4. The standard InChI is InChI=1S/C48H36N3S/c1-2-15-34(16-3-1)51-42-23-9-8-19-38(42)45-43(51)29-49-48(50-45)40-22-11-21-39-44-37-18-7-5-13-33(37)28-41(47(44)52-46(39)40)32-26-24-31(25-27-32)36-20-10-14-30-12-4-6-17-35(30)36/h1-21,23-28,33,37,40,48,50H,22,29H2/q-1. The highest BCUT2D eigenvalue weighted by atomic mass is 32.1. The maximum Gasteiger partial charge on any atom is 0.0605 e. The summed E-state index contributed by atoms with van der Waals surface area (Å²) in [7, 11) is 0. The van der Waals surface area contributed by atoms with Gasteiger partial charge in [-0.25, -0.2) is 0 Å². The maximum atomic E-state index is 5.40. The van der Waals surface area contributed by atoms with Crippen molar-refractivity contribution < 1.29 is 0 Å². The number of para-hydroxylation sites is 2. The molecule has 2 aromatic heterocycles. The highest BCUT2D eigenvalue weighted by Gasteiger charge is 2.37. The van der Waals surface area contributed by atoms with Crippen LogP contribution in [0.15, 0.2) is 158 Å². The number of anilines is 1. The van der Waals surface area contributed by atoms with Crippen LogP contribution in [0.2, 0.25) is 0 Å². The van der Waals surface area contributed by atoms with E-state index in [0.29, 0.717) is 18.4 Å². The lowest BCUT2D eigenvalue weighted by molar-refractivity contribution is 0.608. The topological polar surface area (TPSA) is 31.1 Å². The molecule has 0 amide bonds. The van der Waals surface area contributed by atoms with E-state index in [9.17, 15) is 0 Å². The first-order valence-electron chi connectivity index (χ1n) is 18.4. The minimum absolute atomic E-state index is 0.00340. The number of nitrogens with zero attached hydrogens (tertiary/aromatic N) is 2. The summed E-state index contributed by atoms with van der Waals surface area (Å²) in [6.07, 6.45) is 17.6. The Morgan fingerprint density at radius 2 is 1.50 bits per heavy atom. The van der Waals surface area contributed by atoms with Crippen LogP contribution in [0.5, 0.6) is 0 Å². The molecule has 4 heteroatoms. The van der Waals surface area contributed by atoms with Crippen molar-refractivity contribution in [2.45, 2.75) is 31.0 Å². The lowest BCUT2D eigenvalue weighted by atomic mass is 9.73. The van der Waals surface area contributed by atoms with Gasteiger partial charge < -0.3 is 15.2 Å². The van der Waals surface area contributed by atoms with Crippen LogP contribution in [-0.4, -0.2) is 10.7 Å². The number of benzene rings is 5. The van der Waals surface area contributed by atoms with E-state index in [1.165, 1.54) is 81.9 Å². The molecule has 4 atom stereocenters. The van der Waals surface area contributed by atoms with Crippen molar-refractivity contribution >= 4 is 50.3 Å². The molecule has 1 N–H and O–H groups in total. The molecule has 11 rings (SSSR count). The van der Waals surface area contributed by atoms with Crippen molar-refractivity contribution in [2.75, 3.05) is 5.32 Å². The van der Waals surface area contributed by atoms with Gasteiger partial charge in [-0.2, -0.15) is 0 Å². The van der Waals surface area contributed by atoms with Gasteiger partial charge in [0.25, 0.3) is 0 Å². The lowest BCUT2D eigenvalue weighted by Crippen LogP contribution is -2.31. The van der Waals surface area contributed by atoms with E-state index < -0.39 is 0 Å². The number of allylic oxidation sites excluding steroid dienone is 6. The fourth-order valence-electron chi connectivity index (χ4n) is 9.12. The van der Waals surface area contributed by atoms with Gasteiger partial charge in [-0.3, -0.25) is 0 Å². The van der Waals surface area contributed by atoms with E-state index in [1.54, 1.807) is 0 Å². The Labute approximate surface area is 308 Å². The first-order valence-corrected chi connectivity index (χ1v) is 19.2. The highest BCUT2D eigenvalue weighted by molar-refractivity contribution is 7.13. The number of hydrogen-bond donors (Lipinski definition) is 1. The van der Waals surface area contributed by atoms with E-state index in [-0.39, 0.29) is 12.1 Å². The minimum atomic E-state index is -0.00340. The summed E-state index contributed by atoms with van der Waals surface area (Å²) in [5, 5.41) is 13.2. The second kappa shape index (κ2) is 11.9. The number of rotatable bonds is 4. The predicted octanol–water partition coefficient (Wildman–Crippen LogP) is 12.6. The molecule has 3 heterocycles. The molecule has 0 radical (unpaired) electrons. The second-order valence-corrected chi connectivity index (χ2v) is 15.4. The van der Waals surface area contributed by atoms with Gasteiger partial charge in [0.1, 0.15) is 0 Å². The lowest BCUT2D eigenvalue weighted by Gasteiger charge is -2.44. The summed E-state index contributed by atoms with van der Waals surface area (Å²) in [6, 6.07) is 44.1. The molecular weight excluding hydrogens is 651 g/mol. The summed E-state index contributed by atoms with van der Waals surface area (Å²) >= 11 is 2.00. The van der Waals surface area contributed by atoms with Crippen LogP contribution in [-0.2, 0) is 6.54 Å². The Hall–Kier alpha value is -5.68. The van der Waals surface area contributed by atoms with Crippen LogP contribution in [0.1, 0.15) is 50.4 Å². The van der Waals surface area contributed by atoms with Crippen LogP contribution in [0, 0.1) is 5.92 Å². The molecule has 250 valence electrons. The Bertz CT molecular complexity index is 2640. The van der Waals surface area contributed by atoms with Crippen molar-refractivity contribution in [1.29, 1.82) is 0 Å². The van der Waals surface area contributed by atoms with Crippen LogP contribution >= 0.6 is 11.3 Å². The van der Waals surface area contributed by atoms with Gasteiger partial charge in [-0.05, 0) is 74.7 Å². The zero-order chi connectivity index (χ0) is 34.2. The van der Waals surface area contributed by atoms with E-state index in [4.69, 9.17) is 5.32 Å². The Morgan fingerprint density at radius 3 is 2.40 bits per heavy atom. The Kier molecular flexibility index (Phi) is 6.89. The van der Waals surface area contributed by atoms with E-state index >= 15 is 0 Å². The third-order valence-corrected chi connectivity index (χ3v) is 12.9. The molecule has 0 saturated carbocycles. The van der Waals surface area contributed by atoms with Gasteiger partial charge in [0.2, 0.25) is 0 Å². The summed E-state index contributed by atoms with van der Waals surface area (Å²) in [5.74, 6) is 0.940. The molecule has 7 aromatic rings. The first-order chi connectivity index (χ1) is 25.8. The van der Waals surface area contributed by atoms with Crippen LogP contribution < -0.4 is 5.32 Å². The fraction of sp³-hybridized carbons (Fsp3) is 0.125. The number of aromatic nitrogens is 1. The van der Waals surface area contributed by atoms with Crippen LogP contribution in [0.25, 0.3) is 55.5 Å². The van der Waals surface area contributed by atoms with Gasteiger partial charge in [-0.15, -0.1) is 17.9 Å². The molecule has 4 aliphatic rings. The molecule has 4 unspecified atom stereocenters. The number of hydrogen-bond acceptors (Lipinski definition) is 2. The molecule has 0 spiro atoms. The van der Waals surface area contributed by atoms with Crippen molar-refractivity contribution in [3.05, 3.63) is 195 Å². The Balaban J connectivity index is 0.982. The number of nitrogens with one attached hydrogen (secondary N) is 1. The van der Waals surface area contributed by atoms with Crippen molar-refractivity contribution in [1.82, 2.24) is 4.57 Å². The minimum Gasteiger partial charge on any atom is -0.637 e. The predicted molar refractivity (Wildman–Crippen MR) is 219 cm³/mol. The smallest absolute Gasteiger partial charge is 0.0605 e. The van der Waals surface area contributed by atoms with E-state index in [0.717, 1.165) is 6.42 Å². The number of fused-ring (bicyclic) bond motifs is 9. The van der Waals surface area contributed by atoms with Gasteiger partial charge in [0.15, 0.2) is 0 Å². The quantitative estimate of drug-likeness (QED) is 0.196. The molecule has 52 heavy (non-hydrogen) atoms. The SMILES string of the molecule is C1=CC2C=C(c3ccc(-c4cccc5ccccc45)cc3)c3sc4c(c3C2C=C1)C=CCC4C1[N-]Cc2c(c3ccccc3n2-c2ccccc2)N1. The summed E-state index contributed by atoms with van der Waals surface area (Å²) in [4.78, 5) is 2.88. The molecule has 3 aliphatic carbocycles. The van der Waals surface area contributed by atoms with Gasteiger partial charge in [0.05, 0.1) is 11.2 Å². The summed E-state index contributed by atoms with van der Waals surface area (Å²) in [6.45, 7) is 0.684. The maximum absolute atomic E-state index is 5.40. The third kappa shape index (κ3) is 4.61. The largest absolute Gasteiger partial charge is 0.637 e. The zero-order valence-electron chi connectivity index (χ0n) is 28.6. The van der Waals surface area contributed by atoms with Crippen molar-refractivity contribution in [3.8, 4) is 16.8 Å². The van der Waals surface area contributed by atoms with Crippen LogP contribution in [0.3, 0.4) is 0 Å². The third-order valence-electron chi connectivity index (χ3n) is 11.5. The van der Waals surface area contributed by atoms with Gasteiger partial charge in [0, 0.05) is 38.4 Å². The highest BCUT2D eigenvalue weighted by Crippen LogP contribution is 2.54. The Morgan fingerprint density at radius 1 is 0.731 bits per heavy atom. The molecule has 1 aliphatic heterocycles. The average Bonchev–Trinajstić information content (AvgIpc) is 3.77. The first kappa shape index (κ1) is 30.0. The van der Waals surface area contributed by atoms with Gasteiger partial charge in [-0.1, -0.05) is 152 Å². The van der Waals surface area contributed by atoms with Gasteiger partial charge >= 0.3 is 0 Å². The number of thiophene rings is 1. The molecule has 3 nitrogen and oxygen atoms in total. The van der Waals surface area contributed by atoms with Crippen molar-refractivity contribution in [2.24, 2.45) is 5.92 Å². The molecule has 5 aromatic carbocycles. The monoisotopic (exact) mass is 686 g/mol. The zero-order valence-corrected chi connectivity index (χ0v) is 29.4. The molecular formula is C48H36N3S-. The molecule has 0 saturated heterocycles. The van der Waals surface area contributed by atoms with Crippen molar-refractivity contribution in [3.63, 3.8) is 0 Å². The summed E-state index contributed by atoms with van der Waals surface area (Å²) in [5.41, 5.74) is 12.9. The average molecular weight is 687 g/mol. The summed E-state index contributed by atoms with van der Waals surface area (Å²) < 4.78 is 2.39. The van der Waals surface area contributed by atoms with E-state index in [1.807, 2.05) is 11.3 Å². The fourth-order valence-corrected chi connectivity index (χ4v) is 10.7. The van der Waals surface area contributed by atoms with Crippen LogP contribution in [0.4, 0.5) is 5.69 Å².